The second-order valence-corrected chi connectivity index (χ2v) is 15.3. The van der Waals surface area contributed by atoms with Crippen LogP contribution in [0.25, 0.3) is 22.3 Å². The molecule has 2 N–H and O–H groups in total. The van der Waals surface area contributed by atoms with Gasteiger partial charge in [0.1, 0.15) is 36.2 Å². The minimum atomic E-state index is -0.529. The first kappa shape index (κ1) is 36.8. The Morgan fingerprint density at radius 3 is 0.900 bits per heavy atom. The van der Waals surface area contributed by atoms with Crippen LogP contribution in [0, 0.1) is 0 Å². The van der Waals surface area contributed by atoms with Gasteiger partial charge in [-0.15, -0.1) is 0 Å². The van der Waals surface area contributed by atoms with E-state index in [2.05, 4.69) is 121 Å². The number of ether oxygens (including phenoxy) is 2. The van der Waals surface area contributed by atoms with Gasteiger partial charge in [-0.2, -0.15) is 0 Å². The van der Waals surface area contributed by atoms with Crippen LogP contribution >= 0.6 is 0 Å². The summed E-state index contributed by atoms with van der Waals surface area (Å²) < 4.78 is 12.3. The smallest absolute Gasteiger partial charge is 0.119 e. The molecule has 2 aliphatic carbocycles. The molecular weight excluding hydrogens is 737 g/mol. The number of phenols is 2. The molecule has 0 heterocycles. The molecule has 60 heavy (non-hydrogen) atoms. The van der Waals surface area contributed by atoms with Crippen molar-refractivity contribution in [2.24, 2.45) is 0 Å². The SMILES string of the molecule is Oc1ccc(C2(c3ccc(OCC=CC=CCOc4ccc(C5(c6ccc(O)cc6)c6ccccc6-c6ccccc65)cc4)cc3)c3ccccc3-c3ccccc32)cc1. The van der Waals surface area contributed by atoms with E-state index in [9.17, 15) is 10.2 Å². The van der Waals surface area contributed by atoms with Crippen molar-refractivity contribution in [1.29, 1.82) is 0 Å². The van der Waals surface area contributed by atoms with Crippen LogP contribution in [0.15, 0.2) is 218 Å². The molecule has 2 aliphatic rings. The molecule has 8 aromatic carbocycles. The van der Waals surface area contributed by atoms with E-state index in [-0.39, 0.29) is 11.5 Å². The van der Waals surface area contributed by atoms with E-state index in [1.54, 1.807) is 24.3 Å². The van der Waals surface area contributed by atoms with Crippen LogP contribution in [0.4, 0.5) is 0 Å². The van der Waals surface area contributed by atoms with Gasteiger partial charge in [0.2, 0.25) is 0 Å². The third kappa shape index (κ3) is 5.99. The first-order chi connectivity index (χ1) is 29.6. The van der Waals surface area contributed by atoms with Crippen molar-refractivity contribution in [2.75, 3.05) is 13.2 Å². The average Bonchev–Trinajstić information content (AvgIpc) is 3.77. The highest BCUT2D eigenvalue weighted by molar-refractivity contribution is 5.87. The number of benzene rings is 8. The van der Waals surface area contributed by atoms with Crippen LogP contribution in [0.5, 0.6) is 23.0 Å². The lowest BCUT2D eigenvalue weighted by atomic mass is 9.68. The van der Waals surface area contributed by atoms with Crippen LogP contribution in [-0.2, 0) is 10.8 Å². The number of phenolic OH excluding ortho intramolecular Hbond substituents is 2. The Bertz CT molecular complexity index is 2580. The molecule has 8 aromatic rings. The lowest BCUT2D eigenvalue weighted by Crippen LogP contribution is -2.28. The molecule has 0 unspecified atom stereocenters. The van der Waals surface area contributed by atoms with Crippen LogP contribution in [0.3, 0.4) is 0 Å². The summed E-state index contributed by atoms with van der Waals surface area (Å²) in [5.74, 6) is 2.07. The van der Waals surface area contributed by atoms with Crippen molar-refractivity contribution < 1.29 is 19.7 Å². The highest BCUT2D eigenvalue weighted by atomic mass is 16.5. The molecule has 0 saturated carbocycles. The molecule has 0 amide bonds. The lowest BCUT2D eigenvalue weighted by Gasteiger charge is -2.34. The van der Waals surface area contributed by atoms with Crippen LogP contribution < -0.4 is 9.47 Å². The van der Waals surface area contributed by atoms with Gasteiger partial charge in [0.15, 0.2) is 0 Å². The standard InChI is InChI=1S/C56H42O4/c57-43-29-21-39(22-30-43)55(51-17-7-3-13-47(51)48-14-4-8-18-52(48)55)41-25-33-45(34-26-41)59-37-11-1-2-12-38-60-46-35-27-42(28-36-46)56(40-23-31-44(58)32-24-40)53-19-9-5-15-49(53)50-16-6-10-20-54(50)56/h1-36,57-58H,37-38H2. The van der Waals surface area contributed by atoms with Crippen LogP contribution in [0.1, 0.15) is 44.5 Å². The molecule has 0 radical (unpaired) electrons. The quantitative estimate of drug-likeness (QED) is 0.128. The van der Waals surface area contributed by atoms with Crippen molar-refractivity contribution in [1.82, 2.24) is 0 Å². The molecule has 0 bridgehead atoms. The van der Waals surface area contributed by atoms with Crippen molar-refractivity contribution in [3.63, 3.8) is 0 Å². The van der Waals surface area contributed by atoms with E-state index < -0.39 is 10.8 Å². The highest BCUT2D eigenvalue weighted by Crippen LogP contribution is 2.57. The fourth-order valence-electron chi connectivity index (χ4n) is 9.63. The second-order valence-electron chi connectivity index (χ2n) is 15.3. The van der Waals surface area contributed by atoms with Gasteiger partial charge in [-0.05, 0) is 127 Å². The largest absolute Gasteiger partial charge is 0.508 e. The maximum atomic E-state index is 10.2. The Morgan fingerprint density at radius 1 is 0.333 bits per heavy atom. The molecule has 0 spiro atoms. The van der Waals surface area contributed by atoms with Crippen LogP contribution in [0.2, 0.25) is 0 Å². The van der Waals surface area contributed by atoms with Crippen LogP contribution in [-0.4, -0.2) is 23.4 Å². The average molecular weight is 779 g/mol. The van der Waals surface area contributed by atoms with E-state index in [0.717, 1.165) is 33.8 Å². The summed E-state index contributed by atoms with van der Waals surface area (Å²) in [6.07, 6.45) is 7.92. The molecular formula is C56H42O4. The zero-order valence-corrected chi connectivity index (χ0v) is 32.9. The van der Waals surface area contributed by atoms with Gasteiger partial charge in [0.05, 0.1) is 10.8 Å². The number of hydrogen-bond donors (Lipinski definition) is 2. The van der Waals surface area contributed by atoms with E-state index in [4.69, 9.17) is 9.47 Å². The molecule has 0 aliphatic heterocycles. The second kappa shape index (κ2) is 15.3. The third-order valence-corrected chi connectivity index (χ3v) is 12.2. The van der Waals surface area contributed by atoms with Gasteiger partial charge in [0.25, 0.3) is 0 Å². The third-order valence-electron chi connectivity index (χ3n) is 12.2. The summed E-state index contributed by atoms with van der Waals surface area (Å²) in [4.78, 5) is 0. The summed E-state index contributed by atoms with van der Waals surface area (Å²) >= 11 is 0. The number of fused-ring (bicyclic) bond motifs is 6. The van der Waals surface area contributed by atoms with Crippen molar-refractivity contribution >= 4 is 0 Å². The maximum Gasteiger partial charge on any atom is 0.119 e. The van der Waals surface area contributed by atoms with E-state index >= 15 is 0 Å². The van der Waals surface area contributed by atoms with E-state index in [1.807, 2.05) is 72.8 Å². The first-order valence-corrected chi connectivity index (χ1v) is 20.3. The Balaban J connectivity index is 0.808. The zero-order chi connectivity index (χ0) is 40.5. The summed E-state index contributed by atoms with van der Waals surface area (Å²) in [6, 6.07) is 66.5. The van der Waals surface area contributed by atoms with Gasteiger partial charge in [-0.3, -0.25) is 0 Å². The Kier molecular flexibility index (Phi) is 9.38. The number of allylic oxidation sites excluding steroid dienone is 2. The number of aromatic hydroxyl groups is 2. The zero-order valence-electron chi connectivity index (χ0n) is 32.9. The van der Waals surface area contributed by atoms with Gasteiger partial charge in [-0.1, -0.05) is 158 Å². The van der Waals surface area contributed by atoms with Gasteiger partial charge < -0.3 is 19.7 Å². The number of hydrogen-bond acceptors (Lipinski definition) is 4. The molecule has 0 fully saturated rings. The summed E-state index contributed by atoms with van der Waals surface area (Å²) in [7, 11) is 0. The predicted molar refractivity (Wildman–Crippen MR) is 240 cm³/mol. The highest BCUT2D eigenvalue weighted by Gasteiger charge is 2.47. The lowest BCUT2D eigenvalue weighted by molar-refractivity contribution is 0.361. The molecule has 10 rings (SSSR count). The van der Waals surface area contributed by atoms with Gasteiger partial charge in [0, 0.05) is 0 Å². The Morgan fingerprint density at radius 2 is 0.600 bits per heavy atom. The molecule has 4 heteroatoms. The van der Waals surface area contributed by atoms with Gasteiger partial charge in [-0.25, -0.2) is 0 Å². The minimum Gasteiger partial charge on any atom is -0.508 e. The number of rotatable bonds is 11. The topological polar surface area (TPSA) is 58.9 Å². The van der Waals surface area contributed by atoms with Gasteiger partial charge >= 0.3 is 0 Å². The van der Waals surface area contributed by atoms with Crippen molar-refractivity contribution in [3.8, 4) is 45.3 Å². The summed E-state index contributed by atoms with van der Waals surface area (Å²) in [6.45, 7) is 0.853. The summed E-state index contributed by atoms with van der Waals surface area (Å²) in [5, 5.41) is 20.4. The van der Waals surface area contributed by atoms with Crippen molar-refractivity contribution in [2.45, 2.75) is 10.8 Å². The maximum absolute atomic E-state index is 10.2. The van der Waals surface area contributed by atoms with E-state index in [1.165, 1.54) is 44.5 Å². The summed E-state index contributed by atoms with van der Waals surface area (Å²) in [5.41, 5.74) is 13.2. The first-order valence-electron chi connectivity index (χ1n) is 20.3. The van der Waals surface area contributed by atoms with E-state index in [0.29, 0.717) is 13.2 Å². The minimum absolute atomic E-state index is 0.247. The molecule has 0 saturated heterocycles. The normalized spacial score (nSPS) is 14.1. The predicted octanol–water partition coefficient (Wildman–Crippen LogP) is 12.4. The molecule has 0 atom stereocenters. The fraction of sp³-hybridized carbons (Fsp3) is 0.0714. The molecule has 290 valence electrons. The molecule has 0 aromatic heterocycles. The Labute approximate surface area is 350 Å². The monoisotopic (exact) mass is 778 g/mol. The van der Waals surface area contributed by atoms with Crippen molar-refractivity contribution in [3.05, 3.63) is 263 Å². The molecule has 4 nitrogen and oxygen atoms in total. The Hall–Kier alpha value is -7.56. The fourth-order valence-corrected chi connectivity index (χ4v) is 9.63.